The van der Waals surface area contributed by atoms with E-state index < -0.39 is 11.6 Å². The first kappa shape index (κ1) is 12.9. The van der Waals surface area contributed by atoms with Gasteiger partial charge in [0, 0.05) is 17.7 Å². The number of hydrogen-bond acceptors (Lipinski definition) is 3. The Morgan fingerprint density at radius 1 is 1.11 bits per heavy atom. The highest BCUT2D eigenvalue weighted by Crippen LogP contribution is 2.14. The van der Waals surface area contributed by atoms with Gasteiger partial charge in [0.05, 0.1) is 5.56 Å². The molecule has 0 atom stereocenters. The Balaban J connectivity index is 2.06. The Kier molecular flexibility index (Phi) is 4.19. The van der Waals surface area contributed by atoms with Gasteiger partial charge < -0.3 is 4.74 Å². The second-order valence-corrected chi connectivity index (χ2v) is 4.06. The SMILES string of the molecule is Fc1cccc(F)c1COc1ncc(CBr)cn1. The monoisotopic (exact) mass is 314 g/mol. The summed E-state index contributed by atoms with van der Waals surface area (Å²) in [6, 6.07) is 3.74. The number of benzene rings is 1. The van der Waals surface area contributed by atoms with Crippen LogP contribution in [0.5, 0.6) is 6.01 Å². The van der Waals surface area contributed by atoms with Gasteiger partial charge >= 0.3 is 6.01 Å². The van der Waals surface area contributed by atoms with E-state index in [1.807, 2.05) is 0 Å². The van der Waals surface area contributed by atoms with Gasteiger partial charge in [0.1, 0.15) is 18.2 Å². The Bertz CT molecular complexity index is 514. The predicted octanol–water partition coefficient (Wildman–Crippen LogP) is 3.23. The molecular weight excluding hydrogens is 306 g/mol. The lowest BCUT2D eigenvalue weighted by molar-refractivity contribution is 0.269. The van der Waals surface area contributed by atoms with Crippen molar-refractivity contribution in [3.8, 4) is 6.01 Å². The number of hydrogen-bond donors (Lipinski definition) is 0. The van der Waals surface area contributed by atoms with E-state index in [9.17, 15) is 8.78 Å². The standard InChI is InChI=1S/C12H9BrF2N2O/c13-4-8-5-16-12(17-6-8)18-7-9-10(14)2-1-3-11(9)15/h1-3,5-6H,4,7H2. The van der Waals surface area contributed by atoms with Gasteiger partial charge in [0.25, 0.3) is 0 Å². The van der Waals surface area contributed by atoms with Gasteiger partial charge in [-0.25, -0.2) is 18.7 Å². The molecule has 3 nitrogen and oxygen atoms in total. The number of aromatic nitrogens is 2. The van der Waals surface area contributed by atoms with Crippen LogP contribution in [0, 0.1) is 11.6 Å². The molecule has 0 aliphatic rings. The van der Waals surface area contributed by atoms with Crippen molar-refractivity contribution in [3.05, 3.63) is 53.4 Å². The maximum Gasteiger partial charge on any atom is 0.316 e. The topological polar surface area (TPSA) is 35.0 Å². The molecule has 0 aliphatic carbocycles. The van der Waals surface area contributed by atoms with E-state index >= 15 is 0 Å². The fraction of sp³-hybridized carbons (Fsp3) is 0.167. The van der Waals surface area contributed by atoms with Gasteiger partial charge in [-0.05, 0) is 17.7 Å². The van der Waals surface area contributed by atoms with Crippen molar-refractivity contribution in [2.24, 2.45) is 0 Å². The van der Waals surface area contributed by atoms with E-state index in [4.69, 9.17) is 4.74 Å². The van der Waals surface area contributed by atoms with Crippen LogP contribution < -0.4 is 4.74 Å². The molecule has 1 aromatic heterocycles. The Labute approximate surface area is 111 Å². The summed E-state index contributed by atoms with van der Waals surface area (Å²) in [7, 11) is 0. The first-order valence-electron chi connectivity index (χ1n) is 5.13. The average Bonchev–Trinajstić information content (AvgIpc) is 2.39. The summed E-state index contributed by atoms with van der Waals surface area (Å²) in [4.78, 5) is 7.83. The Morgan fingerprint density at radius 3 is 2.28 bits per heavy atom. The van der Waals surface area contributed by atoms with Gasteiger partial charge in [-0.2, -0.15) is 0 Å². The molecule has 0 radical (unpaired) electrons. The highest BCUT2D eigenvalue weighted by atomic mass is 79.9. The summed E-state index contributed by atoms with van der Waals surface area (Å²) in [6.45, 7) is -0.244. The van der Waals surface area contributed by atoms with Crippen molar-refractivity contribution >= 4 is 15.9 Å². The third kappa shape index (κ3) is 3.01. The first-order chi connectivity index (χ1) is 8.70. The van der Waals surface area contributed by atoms with Crippen molar-refractivity contribution in [2.45, 2.75) is 11.9 Å². The molecule has 1 heterocycles. The summed E-state index contributed by atoms with van der Waals surface area (Å²) in [6.07, 6.45) is 3.16. The van der Waals surface area contributed by atoms with Crippen molar-refractivity contribution in [2.75, 3.05) is 0 Å². The molecule has 18 heavy (non-hydrogen) atoms. The molecule has 94 valence electrons. The normalized spacial score (nSPS) is 10.4. The molecule has 2 rings (SSSR count). The third-order valence-corrected chi connectivity index (χ3v) is 2.89. The van der Waals surface area contributed by atoms with Crippen molar-refractivity contribution in [1.82, 2.24) is 9.97 Å². The molecule has 0 amide bonds. The van der Waals surface area contributed by atoms with E-state index in [0.29, 0.717) is 5.33 Å². The Hall–Kier alpha value is -1.56. The van der Waals surface area contributed by atoms with Crippen molar-refractivity contribution < 1.29 is 13.5 Å². The van der Waals surface area contributed by atoms with E-state index in [1.54, 1.807) is 12.4 Å². The lowest BCUT2D eigenvalue weighted by Gasteiger charge is -2.06. The maximum atomic E-state index is 13.3. The van der Waals surface area contributed by atoms with Crippen LogP contribution in [0.3, 0.4) is 0 Å². The number of nitrogens with zero attached hydrogens (tertiary/aromatic N) is 2. The number of ether oxygens (including phenoxy) is 1. The van der Waals surface area contributed by atoms with Crippen molar-refractivity contribution in [1.29, 1.82) is 0 Å². The lowest BCUT2D eigenvalue weighted by atomic mass is 10.2. The zero-order valence-electron chi connectivity index (χ0n) is 9.24. The smallest absolute Gasteiger partial charge is 0.316 e. The lowest BCUT2D eigenvalue weighted by Crippen LogP contribution is -2.04. The fourth-order valence-corrected chi connectivity index (χ4v) is 1.58. The van der Waals surface area contributed by atoms with Crippen LogP contribution in [0.25, 0.3) is 0 Å². The highest BCUT2D eigenvalue weighted by molar-refractivity contribution is 9.08. The van der Waals surface area contributed by atoms with E-state index in [1.165, 1.54) is 18.2 Å². The van der Waals surface area contributed by atoms with Gasteiger partial charge in [-0.1, -0.05) is 22.0 Å². The number of halogens is 3. The second kappa shape index (κ2) is 5.86. The minimum atomic E-state index is -0.646. The van der Waals surface area contributed by atoms with Crippen LogP contribution in [0.4, 0.5) is 8.78 Å². The predicted molar refractivity (Wildman–Crippen MR) is 65.4 cm³/mol. The van der Waals surface area contributed by atoms with Crippen LogP contribution in [-0.4, -0.2) is 9.97 Å². The molecule has 0 saturated carbocycles. The van der Waals surface area contributed by atoms with Gasteiger partial charge in [-0.15, -0.1) is 0 Å². The summed E-state index contributed by atoms with van der Waals surface area (Å²) >= 11 is 3.26. The fourth-order valence-electron chi connectivity index (χ4n) is 1.29. The Morgan fingerprint density at radius 2 is 1.72 bits per heavy atom. The molecule has 0 saturated heterocycles. The average molecular weight is 315 g/mol. The molecule has 0 unspecified atom stereocenters. The van der Waals surface area contributed by atoms with Crippen molar-refractivity contribution in [3.63, 3.8) is 0 Å². The van der Waals surface area contributed by atoms with E-state index in [0.717, 1.165) is 5.56 Å². The van der Waals surface area contributed by atoms with Crippen LogP contribution >= 0.6 is 15.9 Å². The molecule has 0 aliphatic heterocycles. The molecule has 0 spiro atoms. The number of rotatable bonds is 4. The molecule has 2 aromatic rings. The minimum Gasteiger partial charge on any atom is -0.458 e. The zero-order valence-corrected chi connectivity index (χ0v) is 10.8. The van der Waals surface area contributed by atoms with Gasteiger partial charge in [0.15, 0.2) is 0 Å². The molecular formula is C12H9BrF2N2O. The molecule has 0 bridgehead atoms. The van der Waals surface area contributed by atoms with Gasteiger partial charge in [-0.3, -0.25) is 0 Å². The van der Waals surface area contributed by atoms with Crippen LogP contribution in [0.1, 0.15) is 11.1 Å². The van der Waals surface area contributed by atoms with E-state index in [2.05, 4.69) is 25.9 Å². The number of alkyl halides is 1. The minimum absolute atomic E-state index is 0.0855. The third-order valence-electron chi connectivity index (χ3n) is 2.24. The van der Waals surface area contributed by atoms with Crippen LogP contribution in [-0.2, 0) is 11.9 Å². The molecule has 0 fully saturated rings. The summed E-state index contributed by atoms with van der Waals surface area (Å²) in [5.41, 5.74) is 0.755. The zero-order chi connectivity index (χ0) is 13.0. The summed E-state index contributed by atoms with van der Waals surface area (Å²) < 4.78 is 31.7. The molecule has 0 N–H and O–H groups in total. The van der Waals surface area contributed by atoms with Gasteiger partial charge in [0.2, 0.25) is 0 Å². The largest absolute Gasteiger partial charge is 0.458 e. The molecule has 1 aromatic carbocycles. The van der Waals surface area contributed by atoms with Crippen LogP contribution in [0.15, 0.2) is 30.6 Å². The van der Waals surface area contributed by atoms with E-state index in [-0.39, 0.29) is 18.2 Å². The summed E-state index contributed by atoms with van der Waals surface area (Å²) in [5, 5.41) is 0.634. The first-order valence-corrected chi connectivity index (χ1v) is 6.25. The maximum absolute atomic E-state index is 13.3. The molecule has 6 heteroatoms. The quantitative estimate of drug-likeness (QED) is 0.813. The summed E-state index contributed by atoms with van der Waals surface area (Å²) in [5.74, 6) is -1.29. The van der Waals surface area contributed by atoms with Crippen LogP contribution in [0.2, 0.25) is 0 Å². The highest BCUT2D eigenvalue weighted by Gasteiger charge is 2.09. The second-order valence-electron chi connectivity index (χ2n) is 3.50.